The van der Waals surface area contributed by atoms with Crippen molar-refractivity contribution in [3.63, 3.8) is 0 Å². The molecule has 3 N–H and O–H groups in total. The molecule has 0 atom stereocenters. The number of nitrogens with zero attached hydrogens (tertiary/aromatic N) is 1. The number of sulfonamides is 1. The monoisotopic (exact) mass is 305 g/mol. The van der Waals surface area contributed by atoms with Gasteiger partial charge in [-0.2, -0.15) is 5.10 Å². The summed E-state index contributed by atoms with van der Waals surface area (Å²) in [6, 6.07) is 1.89. The van der Waals surface area contributed by atoms with Gasteiger partial charge in [0.25, 0.3) is 10.0 Å². The molecule has 0 aliphatic carbocycles. The van der Waals surface area contributed by atoms with Crippen LogP contribution in [0.1, 0.15) is 5.56 Å². The van der Waals surface area contributed by atoms with Crippen LogP contribution in [0.4, 0.5) is 10.1 Å². The van der Waals surface area contributed by atoms with E-state index in [-0.39, 0.29) is 21.2 Å². The van der Waals surface area contributed by atoms with E-state index in [4.69, 9.17) is 16.7 Å². The fourth-order valence-electron chi connectivity index (χ4n) is 1.41. The fraction of sp³-hybridized carbons (Fsp3) is 0.100. The van der Waals surface area contributed by atoms with Crippen LogP contribution in [0.25, 0.3) is 0 Å². The van der Waals surface area contributed by atoms with Gasteiger partial charge >= 0.3 is 0 Å². The Morgan fingerprint density at radius 1 is 1.47 bits per heavy atom. The average molecular weight is 306 g/mol. The largest absolute Gasteiger partial charge is 0.392 e. The van der Waals surface area contributed by atoms with Crippen molar-refractivity contribution in [2.45, 2.75) is 11.5 Å². The lowest BCUT2D eigenvalue weighted by molar-refractivity contribution is 0.281. The van der Waals surface area contributed by atoms with E-state index in [1.54, 1.807) is 0 Å². The second-order valence-corrected chi connectivity index (χ2v) is 5.69. The van der Waals surface area contributed by atoms with Crippen LogP contribution in [-0.4, -0.2) is 23.7 Å². The van der Waals surface area contributed by atoms with Crippen LogP contribution in [0.15, 0.2) is 29.4 Å². The molecule has 0 spiro atoms. The summed E-state index contributed by atoms with van der Waals surface area (Å²) in [7, 11) is -3.97. The third-order valence-electron chi connectivity index (χ3n) is 2.31. The first kappa shape index (κ1) is 13.8. The number of aliphatic hydroxyl groups excluding tert-OH is 1. The molecule has 0 amide bonds. The Morgan fingerprint density at radius 2 is 2.21 bits per heavy atom. The molecule has 0 aliphatic rings. The highest BCUT2D eigenvalue weighted by Crippen LogP contribution is 2.25. The minimum Gasteiger partial charge on any atom is -0.392 e. The smallest absolute Gasteiger partial charge is 0.262 e. The number of aliphatic hydroxyl groups is 1. The Balaban J connectivity index is 2.43. The van der Waals surface area contributed by atoms with Gasteiger partial charge in [-0.25, -0.2) is 12.8 Å². The summed E-state index contributed by atoms with van der Waals surface area (Å²) >= 11 is 5.59. The van der Waals surface area contributed by atoms with Crippen molar-refractivity contribution in [3.05, 3.63) is 40.9 Å². The van der Waals surface area contributed by atoms with E-state index in [0.717, 1.165) is 12.1 Å². The van der Waals surface area contributed by atoms with Gasteiger partial charge < -0.3 is 5.11 Å². The standard InChI is InChI=1S/C10H9ClFN3O3S/c11-10-6(5-16)1-8(2-9(10)12)19(17,18)15-7-3-13-14-4-7/h1-4,15-16H,5H2,(H,13,14). The number of hydrogen-bond acceptors (Lipinski definition) is 4. The Hall–Kier alpha value is -1.64. The van der Waals surface area contributed by atoms with Crippen molar-refractivity contribution in [2.24, 2.45) is 0 Å². The quantitative estimate of drug-likeness (QED) is 0.797. The topological polar surface area (TPSA) is 95.1 Å². The molecule has 1 heterocycles. The third-order valence-corrected chi connectivity index (χ3v) is 4.09. The fourth-order valence-corrected chi connectivity index (χ4v) is 2.67. The molecule has 1 aromatic heterocycles. The summed E-state index contributed by atoms with van der Waals surface area (Å²) in [4.78, 5) is -0.334. The molecular weight excluding hydrogens is 297 g/mol. The van der Waals surface area contributed by atoms with E-state index >= 15 is 0 Å². The molecule has 0 aliphatic heterocycles. The molecule has 0 fully saturated rings. The van der Waals surface area contributed by atoms with Crippen LogP contribution in [0.2, 0.25) is 5.02 Å². The predicted octanol–water partition coefficient (Wildman–Crippen LogP) is 1.50. The number of hydrogen-bond donors (Lipinski definition) is 3. The molecule has 2 rings (SSSR count). The third kappa shape index (κ3) is 2.86. The first-order valence-electron chi connectivity index (χ1n) is 5.04. The van der Waals surface area contributed by atoms with Crippen LogP contribution in [0.3, 0.4) is 0 Å². The minimum absolute atomic E-state index is 0.00534. The van der Waals surface area contributed by atoms with E-state index in [1.807, 2.05) is 0 Å². The second-order valence-electron chi connectivity index (χ2n) is 3.63. The normalized spacial score (nSPS) is 11.5. The zero-order valence-electron chi connectivity index (χ0n) is 9.39. The predicted molar refractivity (Wildman–Crippen MR) is 66.7 cm³/mol. The summed E-state index contributed by atoms with van der Waals surface area (Å²) in [6.45, 7) is -0.565. The molecular formula is C10H9ClFN3O3S. The lowest BCUT2D eigenvalue weighted by Gasteiger charge is -2.09. The van der Waals surface area contributed by atoms with Crippen molar-refractivity contribution in [1.29, 1.82) is 0 Å². The minimum atomic E-state index is -3.97. The van der Waals surface area contributed by atoms with Gasteiger partial charge in [-0.3, -0.25) is 9.82 Å². The number of benzene rings is 1. The number of halogens is 2. The molecule has 0 saturated heterocycles. The van der Waals surface area contributed by atoms with Crippen molar-refractivity contribution in [2.75, 3.05) is 4.72 Å². The number of H-pyrrole nitrogens is 1. The summed E-state index contributed by atoms with van der Waals surface area (Å²) in [5.74, 6) is -0.916. The van der Waals surface area contributed by atoms with E-state index in [9.17, 15) is 12.8 Å². The van der Waals surface area contributed by atoms with Crippen LogP contribution < -0.4 is 4.72 Å². The lowest BCUT2D eigenvalue weighted by atomic mass is 10.2. The summed E-state index contributed by atoms with van der Waals surface area (Å²) in [5, 5.41) is 14.7. The van der Waals surface area contributed by atoms with E-state index in [2.05, 4.69) is 14.9 Å². The summed E-state index contributed by atoms with van der Waals surface area (Å²) in [5.41, 5.74) is 0.204. The Morgan fingerprint density at radius 3 is 2.79 bits per heavy atom. The Kier molecular flexibility index (Phi) is 3.74. The van der Waals surface area contributed by atoms with Crippen molar-refractivity contribution >= 4 is 27.3 Å². The first-order chi connectivity index (χ1) is 8.94. The van der Waals surface area contributed by atoms with Crippen molar-refractivity contribution in [1.82, 2.24) is 10.2 Å². The summed E-state index contributed by atoms with van der Waals surface area (Å²) in [6.07, 6.45) is 2.59. The van der Waals surface area contributed by atoms with Gasteiger partial charge in [-0.1, -0.05) is 11.6 Å². The molecule has 19 heavy (non-hydrogen) atoms. The van der Waals surface area contributed by atoms with E-state index in [1.165, 1.54) is 12.4 Å². The molecule has 2 aromatic rings. The first-order valence-corrected chi connectivity index (χ1v) is 6.90. The zero-order valence-corrected chi connectivity index (χ0v) is 11.0. The molecule has 0 radical (unpaired) electrons. The molecule has 0 unspecified atom stereocenters. The van der Waals surface area contributed by atoms with Gasteiger partial charge in [0.2, 0.25) is 0 Å². The molecule has 6 nitrogen and oxygen atoms in total. The average Bonchev–Trinajstić information content (AvgIpc) is 2.84. The lowest BCUT2D eigenvalue weighted by Crippen LogP contribution is -2.13. The Labute approximate surface area is 113 Å². The SMILES string of the molecule is O=S(=O)(Nc1cn[nH]c1)c1cc(F)c(Cl)c(CO)c1. The highest BCUT2D eigenvalue weighted by molar-refractivity contribution is 7.92. The Bertz CT molecular complexity index is 688. The van der Waals surface area contributed by atoms with Gasteiger partial charge in [0.1, 0.15) is 5.82 Å². The second kappa shape index (κ2) is 5.16. The number of anilines is 1. The zero-order chi connectivity index (χ0) is 14.0. The van der Waals surface area contributed by atoms with Gasteiger partial charge in [0, 0.05) is 11.8 Å². The number of nitrogens with one attached hydrogen (secondary N) is 2. The van der Waals surface area contributed by atoms with Crippen LogP contribution >= 0.6 is 11.6 Å². The molecule has 0 bridgehead atoms. The van der Waals surface area contributed by atoms with Crippen molar-refractivity contribution < 1.29 is 17.9 Å². The molecule has 0 saturated carbocycles. The van der Waals surface area contributed by atoms with Gasteiger partial charge in [0.05, 0.1) is 28.4 Å². The maximum Gasteiger partial charge on any atom is 0.262 e. The van der Waals surface area contributed by atoms with Gasteiger partial charge in [0.15, 0.2) is 0 Å². The highest BCUT2D eigenvalue weighted by Gasteiger charge is 2.19. The maximum absolute atomic E-state index is 13.5. The molecule has 102 valence electrons. The molecule has 9 heteroatoms. The maximum atomic E-state index is 13.5. The number of aromatic nitrogens is 2. The van der Waals surface area contributed by atoms with Gasteiger partial charge in [-0.05, 0) is 12.1 Å². The van der Waals surface area contributed by atoms with Crippen molar-refractivity contribution in [3.8, 4) is 0 Å². The van der Waals surface area contributed by atoms with E-state index < -0.39 is 22.4 Å². The van der Waals surface area contributed by atoms with E-state index in [0.29, 0.717) is 0 Å². The molecule has 1 aromatic carbocycles. The highest BCUT2D eigenvalue weighted by atomic mass is 35.5. The number of rotatable bonds is 4. The van der Waals surface area contributed by atoms with Crippen LogP contribution in [0.5, 0.6) is 0 Å². The van der Waals surface area contributed by atoms with Gasteiger partial charge in [-0.15, -0.1) is 0 Å². The van der Waals surface area contributed by atoms with Crippen LogP contribution in [0, 0.1) is 5.82 Å². The van der Waals surface area contributed by atoms with Crippen LogP contribution in [-0.2, 0) is 16.6 Å². The summed E-state index contributed by atoms with van der Waals surface area (Å²) < 4.78 is 39.7. The number of aromatic amines is 1.